The molecule has 3 heteroatoms. The van der Waals surface area contributed by atoms with E-state index in [1.165, 1.54) is 32.1 Å². The highest BCUT2D eigenvalue weighted by Crippen LogP contribution is 2.33. The fourth-order valence-electron chi connectivity index (χ4n) is 3.22. The molecule has 0 aromatic heterocycles. The van der Waals surface area contributed by atoms with Gasteiger partial charge in [0.25, 0.3) is 0 Å². The number of benzene rings is 1. The van der Waals surface area contributed by atoms with Gasteiger partial charge in [0.1, 0.15) is 5.82 Å². The first-order valence-corrected chi connectivity index (χ1v) is 7.68. The normalized spacial score (nSPS) is 25.3. The monoisotopic (exact) mass is 283 g/mol. The van der Waals surface area contributed by atoms with E-state index < -0.39 is 0 Å². The van der Waals surface area contributed by atoms with Gasteiger partial charge in [-0.3, -0.25) is 0 Å². The maximum atomic E-state index is 13.9. The third-order valence-electron chi connectivity index (χ3n) is 4.49. The van der Waals surface area contributed by atoms with Crippen LogP contribution < -0.4 is 5.73 Å². The molecule has 1 nitrogen and oxygen atoms in total. The summed E-state index contributed by atoms with van der Waals surface area (Å²) in [6.45, 7) is 2.25. The second kappa shape index (κ2) is 6.71. The maximum Gasteiger partial charge on any atom is 0.145 e. The van der Waals surface area contributed by atoms with E-state index in [1.807, 2.05) is 0 Å². The lowest BCUT2D eigenvalue weighted by Crippen LogP contribution is -2.35. The molecule has 0 spiro atoms. The van der Waals surface area contributed by atoms with Crippen LogP contribution in [-0.2, 0) is 6.42 Å². The van der Waals surface area contributed by atoms with Crippen molar-refractivity contribution < 1.29 is 4.39 Å². The molecule has 0 aliphatic heterocycles. The van der Waals surface area contributed by atoms with Crippen molar-refractivity contribution in [3.63, 3.8) is 0 Å². The van der Waals surface area contributed by atoms with Gasteiger partial charge in [0.2, 0.25) is 0 Å². The summed E-state index contributed by atoms with van der Waals surface area (Å²) in [6.07, 6.45) is 6.78. The van der Waals surface area contributed by atoms with Crippen LogP contribution >= 0.6 is 11.6 Å². The van der Waals surface area contributed by atoms with Crippen molar-refractivity contribution in [1.82, 2.24) is 0 Å². The summed E-state index contributed by atoms with van der Waals surface area (Å²) in [5.74, 6) is 1.02. The Kier molecular flexibility index (Phi) is 5.23. The molecule has 106 valence electrons. The molecule has 2 N–H and O–H groups in total. The Morgan fingerprint density at radius 1 is 1.42 bits per heavy atom. The van der Waals surface area contributed by atoms with E-state index in [2.05, 4.69) is 6.92 Å². The van der Waals surface area contributed by atoms with Crippen LogP contribution in [0.25, 0.3) is 0 Å². The lowest BCUT2D eigenvalue weighted by Gasteiger charge is -2.32. The Balaban J connectivity index is 2.00. The van der Waals surface area contributed by atoms with Crippen LogP contribution in [0.2, 0.25) is 5.02 Å². The van der Waals surface area contributed by atoms with Gasteiger partial charge in [0.05, 0.1) is 5.02 Å². The molecule has 1 aliphatic carbocycles. The average molecular weight is 284 g/mol. The summed E-state index contributed by atoms with van der Waals surface area (Å²) in [4.78, 5) is 0. The standard InChI is InChI=1S/C16H23ClFN/c1-2-11-5-3-6-12(9-11)15(19)10-13-7-4-8-14(17)16(13)18/h4,7-8,11-12,15H,2-3,5-6,9-10,19H2,1H3. The van der Waals surface area contributed by atoms with E-state index in [4.69, 9.17) is 17.3 Å². The molecular formula is C16H23ClFN. The lowest BCUT2D eigenvalue weighted by atomic mass is 9.76. The topological polar surface area (TPSA) is 26.0 Å². The molecule has 1 fully saturated rings. The smallest absolute Gasteiger partial charge is 0.145 e. The minimum absolute atomic E-state index is 0.0438. The Labute approximate surface area is 120 Å². The van der Waals surface area contributed by atoms with Crippen molar-refractivity contribution in [2.75, 3.05) is 0 Å². The largest absolute Gasteiger partial charge is 0.327 e. The Hall–Kier alpha value is -0.600. The highest BCUT2D eigenvalue weighted by Gasteiger charge is 2.26. The van der Waals surface area contributed by atoms with Gasteiger partial charge in [-0.2, -0.15) is 0 Å². The fourth-order valence-corrected chi connectivity index (χ4v) is 3.41. The Morgan fingerprint density at radius 2 is 2.21 bits per heavy atom. The van der Waals surface area contributed by atoms with Gasteiger partial charge in [0.15, 0.2) is 0 Å². The van der Waals surface area contributed by atoms with Crippen LogP contribution in [0.5, 0.6) is 0 Å². The van der Waals surface area contributed by atoms with E-state index >= 15 is 0 Å². The van der Waals surface area contributed by atoms with E-state index in [0.717, 1.165) is 5.92 Å². The van der Waals surface area contributed by atoms with Gasteiger partial charge in [0, 0.05) is 6.04 Å². The first kappa shape index (κ1) is 14.8. The average Bonchev–Trinajstić information content (AvgIpc) is 2.44. The van der Waals surface area contributed by atoms with Gasteiger partial charge in [-0.1, -0.05) is 49.9 Å². The molecule has 1 aromatic carbocycles. The predicted octanol–water partition coefficient (Wildman–Crippen LogP) is 4.57. The zero-order valence-corrected chi connectivity index (χ0v) is 12.3. The van der Waals surface area contributed by atoms with Crippen LogP contribution in [0.4, 0.5) is 4.39 Å². The minimum atomic E-state index is -0.303. The minimum Gasteiger partial charge on any atom is -0.327 e. The van der Waals surface area contributed by atoms with Crippen molar-refractivity contribution in [2.24, 2.45) is 17.6 Å². The third-order valence-corrected chi connectivity index (χ3v) is 4.79. The van der Waals surface area contributed by atoms with Crippen molar-refractivity contribution in [3.05, 3.63) is 34.6 Å². The molecular weight excluding hydrogens is 261 g/mol. The third kappa shape index (κ3) is 3.70. The summed E-state index contributed by atoms with van der Waals surface area (Å²) in [6, 6.07) is 5.21. The highest BCUT2D eigenvalue weighted by atomic mass is 35.5. The lowest BCUT2D eigenvalue weighted by molar-refractivity contribution is 0.228. The predicted molar refractivity (Wildman–Crippen MR) is 78.8 cm³/mol. The zero-order valence-electron chi connectivity index (χ0n) is 11.5. The molecule has 0 radical (unpaired) electrons. The van der Waals surface area contributed by atoms with Crippen LogP contribution in [0.15, 0.2) is 18.2 Å². The second-order valence-corrected chi connectivity index (χ2v) is 6.19. The number of rotatable bonds is 4. The SMILES string of the molecule is CCC1CCCC(C(N)Cc2cccc(Cl)c2F)C1. The van der Waals surface area contributed by atoms with Gasteiger partial charge in [-0.15, -0.1) is 0 Å². The van der Waals surface area contributed by atoms with Gasteiger partial charge < -0.3 is 5.73 Å². The molecule has 0 saturated heterocycles. The molecule has 1 aromatic rings. The van der Waals surface area contributed by atoms with Crippen molar-refractivity contribution in [2.45, 2.75) is 51.5 Å². The number of nitrogens with two attached hydrogens (primary N) is 1. The van der Waals surface area contributed by atoms with E-state index in [1.54, 1.807) is 18.2 Å². The molecule has 19 heavy (non-hydrogen) atoms. The van der Waals surface area contributed by atoms with E-state index in [9.17, 15) is 4.39 Å². The van der Waals surface area contributed by atoms with Crippen LogP contribution in [0.1, 0.15) is 44.6 Å². The first-order valence-electron chi connectivity index (χ1n) is 7.30. The van der Waals surface area contributed by atoms with Gasteiger partial charge >= 0.3 is 0 Å². The Morgan fingerprint density at radius 3 is 2.95 bits per heavy atom. The number of halogens is 2. The first-order chi connectivity index (χ1) is 9.11. The maximum absolute atomic E-state index is 13.9. The quantitative estimate of drug-likeness (QED) is 0.861. The van der Waals surface area contributed by atoms with Gasteiger partial charge in [-0.25, -0.2) is 4.39 Å². The summed E-state index contributed by atoms with van der Waals surface area (Å²) in [7, 11) is 0. The van der Waals surface area contributed by atoms with Crippen LogP contribution in [0, 0.1) is 17.7 Å². The zero-order chi connectivity index (χ0) is 13.8. The van der Waals surface area contributed by atoms with Gasteiger partial charge in [-0.05, 0) is 42.7 Å². The summed E-state index contributed by atoms with van der Waals surface area (Å²) in [5.41, 5.74) is 6.96. The van der Waals surface area contributed by atoms with Crippen molar-refractivity contribution in [1.29, 1.82) is 0 Å². The Bertz CT molecular complexity index is 421. The molecule has 0 amide bonds. The molecule has 3 atom stereocenters. The molecule has 1 aliphatic rings. The van der Waals surface area contributed by atoms with Crippen molar-refractivity contribution in [3.8, 4) is 0 Å². The highest BCUT2D eigenvalue weighted by molar-refractivity contribution is 6.30. The molecule has 0 bridgehead atoms. The molecule has 3 unspecified atom stereocenters. The van der Waals surface area contributed by atoms with E-state index in [-0.39, 0.29) is 16.9 Å². The molecule has 2 rings (SSSR count). The van der Waals surface area contributed by atoms with Crippen LogP contribution in [0.3, 0.4) is 0 Å². The van der Waals surface area contributed by atoms with Crippen LogP contribution in [-0.4, -0.2) is 6.04 Å². The summed E-state index contributed by atoms with van der Waals surface area (Å²) < 4.78 is 13.9. The van der Waals surface area contributed by atoms with E-state index in [0.29, 0.717) is 17.9 Å². The fraction of sp³-hybridized carbons (Fsp3) is 0.625. The second-order valence-electron chi connectivity index (χ2n) is 5.78. The number of hydrogen-bond donors (Lipinski definition) is 1. The molecule has 0 heterocycles. The van der Waals surface area contributed by atoms with Crippen molar-refractivity contribution >= 4 is 11.6 Å². The summed E-state index contributed by atoms with van der Waals surface area (Å²) >= 11 is 5.81. The molecule has 1 saturated carbocycles. The number of hydrogen-bond acceptors (Lipinski definition) is 1. The summed E-state index contributed by atoms with van der Waals surface area (Å²) in [5, 5.41) is 0.194.